The van der Waals surface area contributed by atoms with Gasteiger partial charge in [0.15, 0.2) is 0 Å². The van der Waals surface area contributed by atoms with Crippen LogP contribution in [0.15, 0.2) is 28.7 Å². The standard InChI is InChI=1S/C7H5BrO2.C5H12O2/c8-6-4-2-1-3-5(6)7(9)10;1-4(6)3-5(2)7/h1-4H,(H,9,10);4-7H,3H2,1-2H3. The lowest BCUT2D eigenvalue weighted by Gasteiger charge is -2.04. The van der Waals surface area contributed by atoms with E-state index in [4.69, 9.17) is 15.3 Å². The third-order valence-electron chi connectivity index (χ3n) is 1.79. The molecule has 2 atom stereocenters. The molecule has 0 spiro atoms. The van der Waals surface area contributed by atoms with Crippen molar-refractivity contribution in [2.24, 2.45) is 0 Å². The lowest BCUT2D eigenvalue weighted by molar-refractivity contribution is 0.0695. The molecule has 0 aliphatic heterocycles. The number of hydrogen-bond donors (Lipinski definition) is 3. The van der Waals surface area contributed by atoms with Crippen molar-refractivity contribution in [1.82, 2.24) is 0 Å². The lowest BCUT2D eigenvalue weighted by atomic mass is 10.2. The van der Waals surface area contributed by atoms with Crippen LogP contribution in [0.4, 0.5) is 0 Å². The summed E-state index contributed by atoms with van der Waals surface area (Å²) in [7, 11) is 0. The Morgan fingerprint density at radius 3 is 1.94 bits per heavy atom. The van der Waals surface area contributed by atoms with Crippen LogP contribution in [0.2, 0.25) is 0 Å². The highest BCUT2D eigenvalue weighted by Crippen LogP contribution is 2.14. The number of carboxylic acid groups (broad SMARTS) is 1. The van der Waals surface area contributed by atoms with Crippen LogP contribution in [-0.4, -0.2) is 33.5 Å². The SMILES string of the molecule is CC(O)CC(C)O.O=C(O)c1ccccc1Br. The van der Waals surface area contributed by atoms with Gasteiger partial charge in [-0.05, 0) is 48.3 Å². The first kappa shape index (κ1) is 16.1. The molecule has 3 N–H and O–H groups in total. The molecule has 1 aromatic rings. The molecule has 0 saturated carbocycles. The van der Waals surface area contributed by atoms with Gasteiger partial charge in [0.1, 0.15) is 0 Å². The van der Waals surface area contributed by atoms with E-state index in [0.717, 1.165) is 0 Å². The molecule has 1 rings (SSSR count). The zero-order valence-electron chi connectivity index (χ0n) is 9.80. The molecule has 2 unspecified atom stereocenters. The van der Waals surface area contributed by atoms with Crippen LogP contribution in [0, 0.1) is 0 Å². The van der Waals surface area contributed by atoms with Crippen molar-refractivity contribution in [2.75, 3.05) is 0 Å². The maximum absolute atomic E-state index is 10.4. The zero-order valence-corrected chi connectivity index (χ0v) is 11.4. The fourth-order valence-electron chi connectivity index (χ4n) is 1.13. The average Bonchev–Trinajstić information content (AvgIpc) is 2.16. The summed E-state index contributed by atoms with van der Waals surface area (Å²) in [6, 6.07) is 6.71. The first-order chi connectivity index (χ1) is 7.84. The molecule has 0 radical (unpaired) electrons. The Balaban J connectivity index is 0.000000325. The van der Waals surface area contributed by atoms with E-state index in [-0.39, 0.29) is 12.2 Å². The number of halogens is 1. The number of hydrogen-bond acceptors (Lipinski definition) is 3. The monoisotopic (exact) mass is 304 g/mol. The van der Waals surface area contributed by atoms with Crippen molar-refractivity contribution in [1.29, 1.82) is 0 Å². The van der Waals surface area contributed by atoms with Gasteiger partial charge >= 0.3 is 5.97 Å². The third kappa shape index (κ3) is 7.90. The predicted molar refractivity (Wildman–Crippen MR) is 69.1 cm³/mol. The Bertz CT molecular complexity index is 344. The molecular weight excluding hydrogens is 288 g/mol. The summed E-state index contributed by atoms with van der Waals surface area (Å²) in [5.41, 5.74) is 0.294. The molecular formula is C12H17BrO4. The minimum Gasteiger partial charge on any atom is -0.478 e. The van der Waals surface area contributed by atoms with Gasteiger partial charge in [0.2, 0.25) is 0 Å². The third-order valence-corrected chi connectivity index (χ3v) is 2.48. The molecule has 0 amide bonds. The smallest absolute Gasteiger partial charge is 0.336 e. The number of aliphatic hydroxyl groups is 2. The van der Waals surface area contributed by atoms with Crippen molar-refractivity contribution < 1.29 is 20.1 Å². The van der Waals surface area contributed by atoms with Gasteiger partial charge in [-0.3, -0.25) is 0 Å². The van der Waals surface area contributed by atoms with Crippen LogP contribution < -0.4 is 0 Å². The van der Waals surface area contributed by atoms with Crippen LogP contribution >= 0.6 is 15.9 Å². The lowest BCUT2D eigenvalue weighted by Crippen LogP contribution is -2.10. The van der Waals surface area contributed by atoms with Gasteiger partial charge in [0, 0.05) is 4.47 Å². The van der Waals surface area contributed by atoms with Gasteiger partial charge < -0.3 is 15.3 Å². The largest absolute Gasteiger partial charge is 0.478 e. The van der Waals surface area contributed by atoms with Crippen molar-refractivity contribution in [2.45, 2.75) is 32.5 Å². The number of benzene rings is 1. The van der Waals surface area contributed by atoms with E-state index in [1.165, 1.54) is 0 Å². The van der Waals surface area contributed by atoms with Gasteiger partial charge in [-0.15, -0.1) is 0 Å². The number of aliphatic hydroxyl groups excluding tert-OH is 2. The molecule has 5 heteroatoms. The molecule has 0 heterocycles. The average molecular weight is 305 g/mol. The van der Waals surface area contributed by atoms with Crippen LogP contribution in [-0.2, 0) is 0 Å². The molecule has 0 saturated heterocycles. The zero-order chi connectivity index (χ0) is 13.4. The van der Waals surface area contributed by atoms with E-state index >= 15 is 0 Å². The van der Waals surface area contributed by atoms with E-state index in [2.05, 4.69) is 15.9 Å². The second-order valence-corrected chi connectivity index (χ2v) is 4.57. The number of rotatable bonds is 3. The summed E-state index contributed by atoms with van der Waals surface area (Å²) in [5, 5.41) is 25.7. The maximum atomic E-state index is 10.4. The first-order valence-corrected chi connectivity index (χ1v) is 5.97. The minimum atomic E-state index is -0.910. The second kappa shape index (κ2) is 8.22. The van der Waals surface area contributed by atoms with Crippen molar-refractivity contribution in [3.63, 3.8) is 0 Å². The molecule has 0 aliphatic rings. The fraction of sp³-hybridized carbons (Fsp3) is 0.417. The van der Waals surface area contributed by atoms with Gasteiger partial charge in [0.25, 0.3) is 0 Å². The second-order valence-electron chi connectivity index (χ2n) is 3.72. The first-order valence-electron chi connectivity index (χ1n) is 5.18. The van der Waals surface area contributed by atoms with Crippen LogP contribution in [0.3, 0.4) is 0 Å². The highest BCUT2D eigenvalue weighted by atomic mass is 79.9. The van der Waals surface area contributed by atoms with Gasteiger partial charge in [0.05, 0.1) is 17.8 Å². The van der Waals surface area contributed by atoms with E-state index < -0.39 is 5.97 Å². The number of carboxylic acids is 1. The number of carbonyl (C=O) groups is 1. The van der Waals surface area contributed by atoms with E-state index in [1.54, 1.807) is 38.1 Å². The summed E-state index contributed by atoms with van der Waals surface area (Å²) in [6.45, 7) is 3.32. The van der Waals surface area contributed by atoms with Crippen LogP contribution in [0.25, 0.3) is 0 Å². The fourth-order valence-corrected chi connectivity index (χ4v) is 1.58. The van der Waals surface area contributed by atoms with Crippen LogP contribution in [0.1, 0.15) is 30.6 Å². The molecule has 4 nitrogen and oxygen atoms in total. The molecule has 1 aromatic carbocycles. The Morgan fingerprint density at radius 2 is 1.71 bits per heavy atom. The number of aromatic carboxylic acids is 1. The topological polar surface area (TPSA) is 77.8 Å². The molecule has 96 valence electrons. The Hall–Kier alpha value is -0.910. The van der Waals surface area contributed by atoms with Crippen molar-refractivity contribution in [3.8, 4) is 0 Å². The minimum absolute atomic E-state index is 0.294. The van der Waals surface area contributed by atoms with Gasteiger partial charge in [-0.2, -0.15) is 0 Å². The quantitative estimate of drug-likeness (QED) is 0.800. The van der Waals surface area contributed by atoms with Crippen molar-refractivity contribution in [3.05, 3.63) is 34.3 Å². The highest BCUT2D eigenvalue weighted by molar-refractivity contribution is 9.10. The summed E-state index contributed by atoms with van der Waals surface area (Å²) in [4.78, 5) is 10.4. The maximum Gasteiger partial charge on any atom is 0.336 e. The van der Waals surface area contributed by atoms with E-state index in [9.17, 15) is 4.79 Å². The van der Waals surface area contributed by atoms with Gasteiger partial charge in [-0.25, -0.2) is 4.79 Å². The molecule has 17 heavy (non-hydrogen) atoms. The summed E-state index contributed by atoms with van der Waals surface area (Å²) in [5.74, 6) is -0.910. The summed E-state index contributed by atoms with van der Waals surface area (Å²) in [6.07, 6.45) is -0.278. The van der Waals surface area contributed by atoms with E-state index in [0.29, 0.717) is 16.5 Å². The molecule has 0 fully saturated rings. The Kier molecular flexibility index (Phi) is 7.78. The molecule has 0 bridgehead atoms. The Morgan fingerprint density at radius 1 is 1.24 bits per heavy atom. The summed E-state index contributed by atoms with van der Waals surface area (Å²) >= 11 is 3.12. The Labute approximate surface area is 109 Å². The molecule has 0 aromatic heterocycles. The normalized spacial score (nSPS) is 13.2. The van der Waals surface area contributed by atoms with E-state index in [1.807, 2.05) is 0 Å². The highest BCUT2D eigenvalue weighted by Gasteiger charge is 2.04. The van der Waals surface area contributed by atoms with Gasteiger partial charge in [-0.1, -0.05) is 12.1 Å². The van der Waals surface area contributed by atoms with Crippen LogP contribution in [0.5, 0.6) is 0 Å². The summed E-state index contributed by atoms with van der Waals surface area (Å²) < 4.78 is 0.613. The molecule has 0 aliphatic carbocycles. The predicted octanol–water partition coefficient (Wildman–Crippen LogP) is 2.29. The van der Waals surface area contributed by atoms with Crippen molar-refractivity contribution >= 4 is 21.9 Å².